The van der Waals surface area contributed by atoms with Crippen molar-refractivity contribution in [3.63, 3.8) is 0 Å². The van der Waals surface area contributed by atoms with Crippen LogP contribution < -0.4 is 15.4 Å². The van der Waals surface area contributed by atoms with Gasteiger partial charge in [0.15, 0.2) is 0 Å². The number of methoxy groups -OCH3 is 1. The summed E-state index contributed by atoms with van der Waals surface area (Å²) in [5, 5.41) is 0.523. The molecule has 0 aliphatic carbocycles. The molecule has 0 spiro atoms. The molecule has 5 heteroatoms. The summed E-state index contributed by atoms with van der Waals surface area (Å²) in [7, 11) is 3.20. The van der Waals surface area contributed by atoms with Crippen molar-refractivity contribution < 1.29 is 9.53 Å². The third-order valence-corrected chi connectivity index (χ3v) is 3.48. The van der Waals surface area contributed by atoms with Gasteiger partial charge in [-0.3, -0.25) is 4.79 Å². The number of aryl methyl sites for hydroxylation is 1. The minimum Gasteiger partial charge on any atom is -0.496 e. The highest BCUT2D eigenvalue weighted by atomic mass is 35.5. The van der Waals surface area contributed by atoms with Crippen LogP contribution in [0.5, 0.6) is 5.75 Å². The van der Waals surface area contributed by atoms with Gasteiger partial charge in [-0.2, -0.15) is 0 Å². The average Bonchev–Trinajstić information content (AvgIpc) is 2.48. The van der Waals surface area contributed by atoms with Crippen LogP contribution in [0.4, 0.5) is 11.4 Å². The second-order valence-corrected chi connectivity index (χ2v) is 5.21. The van der Waals surface area contributed by atoms with Crippen molar-refractivity contribution in [3.8, 4) is 5.75 Å². The first-order valence-electron chi connectivity index (χ1n) is 6.41. The smallest absolute Gasteiger partial charge is 0.261 e. The molecule has 0 fully saturated rings. The Morgan fingerprint density at radius 2 is 1.95 bits per heavy atom. The SMILES string of the molecule is COc1ccc(C)cc1C(=O)N(C)c1cc(Cl)ccc1N. The Morgan fingerprint density at radius 3 is 2.62 bits per heavy atom. The molecule has 0 bridgehead atoms. The Bertz CT molecular complexity index is 686. The molecule has 0 saturated heterocycles. The molecule has 1 amide bonds. The molecule has 0 unspecified atom stereocenters. The van der Waals surface area contributed by atoms with Gasteiger partial charge in [-0.05, 0) is 37.3 Å². The summed E-state index contributed by atoms with van der Waals surface area (Å²) in [5.41, 5.74) is 8.44. The number of carbonyl (C=O) groups excluding carboxylic acids is 1. The molecular formula is C16H17ClN2O2. The highest BCUT2D eigenvalue weighted by Crippen LogP contribution is 2.29. The monoisotopic (exact) mass is 304 g/mol. The fourth-order valence-corrected chi connectivity index (χ4v) is 2.25. The van der Waals surface area contributed by atoms with Crippen molar-refractivity contribution in [1.82, 2.24) is 0 Å². The number of halogens is 1. The first kappa shape index (κ1) is 15.2. The summed E-state index contributed by atoms with van der Waals surface area (Å²) in [5.74, 6) is 0.322. The molecule has 2 aromatic rings. The molecule has 0 aromatic heterocycles. The molecule has 21 heavy (non-hydrogen) atoms. The van der Waals surface area contributed by atoms with Gasteiger partial charge in [-0.15, -0.1) is 0 Å². The standard InChI is InChI=1S/C16H17ClN2O2/c1-10-4-7-15(21-3)12(8-10)16(20)19(2)14-9-11(17)5-6-13(14)18/h4-9H,18H2,1-3H3. The maximum absolute atomic E-state index is 12.7. The lowest BCUT2D eigenvalue weighted by Gasteiger charge is -2.21. The molecule has 0 atom stereocenters. The van der Waals surface area contributed by atoms with E-state index < -0.39 is 0 Å². The van der Waals surface area contributed by atoms with E-state index in [1.54, 1.807) is 37.4 Å². The predicted molar refractivity (Wildman–Crippen MR) is 86.3 cm³/mol. The first-order chi connectivity index (χ1) is 9.93. The Hall–Kier alpha value is -2.20. The molecule has 4 nitrogen and oxygen atoms in total. The van der Waals surface area contributed by atoms with Crippen LogP contribution in [0, 0.1) is 6.92 Å². The molecule has 0 aliphatic heterocycles. The van der Waals surface area contributed by atoms with E-state index in [0.29, 0.717) is 27.7 Å². The van der Waals surface area contributed by atoms with Gasteiger partial charge in [-0.25, -0.2) is 0 Å². The second-order valence-electron chi connectivity index (χ2n) is 4.77. The lowest BCUT2D eigenvalue weighted by molar-refractivity contribution is 0.0990. The lowest BCUT2D eigenvalue weighted by Crippen LogP contribution is -2.27. The molecule has 0 aliphatic rings. The molecule has 2 N–H and O–H groups in total. The summed E-state index contributed by atoms with van der Waals surface area (Å²) in [6, 6.07) is 10.5. The van der Waals surface area contributed by atoms with Gasteiger partial charge < -0.3 is 15.4 Å². The van der Waals surface area contributed by atoms with E-state index >= 15 is 0 Å². The summed E-state index contributed by atoms with van der Waals surface area (Å²) in [6.07, 6.45) is 0. The van der Waals surface area contributed by atoms with Crippen LogP contribution in [0.3, 0.4) is 0 Å². The van der Waals surface area contributed by atoms with Gasteiger partial charge in [0.2, 0.25) is 0 Å². The quantitative estimate of drug-likeness (QED) is 0.883. The van der Waals surface area contributed by atoms with E-state index in [-0.39, 0.29) is 5.91 Å². The van der Waals surface area contributed by atoms with E-state index in [9.17, 15) is 4.79 Å². The van der Waals surface area contributed by atoms with Gasteiger partial charge in [0.1, 0.15) is 5.75 Å². The van der Waals surface area contributed by atoms with Crippen LogP contribution in [0.1, 0.15) is 15.9 Å². The summed E-state index contributed by atoms with van der Waals surface area (Å²) in [4.78, 5) is 14.2. The fourth-order valence-electron chi connectivity index (χ4n) is 2.09. The zero-order valence-electron chi connectivity index (χ0n) is 12.2. The Labute approximate surface area is 129 Å². The van der Waals surface area contributed by atoms with Crippen LogP contribution in [-0.2, 0) is 0 Å². The number of rotatable bonds is 3. The van der Waals surface area contributed by atoms with Gasteiger partial charge in [0.25, 0.3) is 5.91 Å². The average molecular weight is 305 g/mol. The number of carbonyl (C=O) groups is 1. The normalized spacial score (nSPS) is 10.3. The predicted octanol–water partition coefficient (Wildman–Crippen LogP) is 3.52. The van der Waals surface area contributed by atoms with E-state index in [1.165, 1.54) is 12.0 Å². The highest BCUT2D eigenvalue weighted by Gasteiger charge is 2.19. The molecule has 2 rings (SSSR count). The number of nitrogens with two attached hydrogens (primary N) is 1. The second kappa shape index (κ2) is 6.06. The summed E-state index contributed by atoms with van der Waals surface area (Å²) in [6.45, 7) is 1.92. The lowest BCUT2D eigenvalue weighted by atomic mass is 10.1. The van der Waals surface area contributed by atoms with Gasteiger partial charge in [-0.1, -0.05) is 23.2 Å². The van der Waals surface area contributed by atoms with E-state index in [2.05, 4.69) is 0 Å². The zero-order valence-corrected chi connectivity index (χ0v) is 12.9. The van der Waals surface area contributed by atoms with Crippen molar-refractivity contribution in [2.24, 2.45) is 0 Å². The Kier molecular flexibility index (Phi) is 4.38. The molecular weight excluding hydrogens is 288 g/mol. The zero-order chi connectivity index (χ0) is 15.6. The number of benzene rings is 2. The number of nitrogens with zero attached hydrogens (tertiary/aromatic N) is 1. The maximum Gasteiger partial charge on any atom is 0.261 e. The highest BCUT2D eigenvalue weighted by molar-refractivity contribution is 6.31. The first-order valence-corrected chi connectivity index (χ1v) is 6.79. The third kappa shape index (κ3) is 3.11. The summed E-state index contributed by atoms with van der Waals surface area (Å²) < 4.78 is 5.26. The van der Waals surface area contributed by atoms with Crippen LogP contribution in [0.15, 0.2) is 36.4 Å². The van der Waals surface area contributed by atoms with Crippen LogP contribution >= 0.6 is 11.6 Å². The van der Waals surface area contributed by atoms with E-state index in [0.717, 1.165) is 5.56 Å². The maximum atomic E-state index is 12.7. The molecule has 2 aromatic carbocycles. The van der Waals surface area contributed by atoms with Crippen LogP contribution in [0.2, 0.25) is 5.02 Å². The molecule has 0 radical (unpaired) electrons. The van der Waals surface area contributed by atoms with Crippen molar-refractivity contribution in [3.05, 3.63) is 52.5 Å². The minimum atomic E-state index is -0.204. The summed E-state index contributed by atoms with van der Waals surface area (Å²) >= 11 is 5.98. The number of ether oxygens (including phenoxy) is 1. The molecule has 110 valence electrons. The largest absolute Gasteiger partial charge is 0.496 e. The van der Waals surface area contributed by atoms with Gasteiger partial charge in [0.05, 0.1) is 24.0 Å². The van der Waals surface area contributed by atoms with Crippen molar-refractivity contribution in [2.75, 3.05) is 24.8 Å². The van der Waals surface area contributed by atoms with Gasteiger partial charge in [0, 0.05) is 12.1 Å². The topological polar surface area (TPSA) is 55.6 Å². The molecule has 0 heterocycles. The number of amides is 1. The van der Waals surface area contributed by atoms with Crippen molar-refractivity contribution in [2.45, 2.75) is 6.92 Å². The fraction of sp³-hybridized carbons (Fsp3) is 0.188. The van der Waals surface area contributed by atoms with E-state index in [1.807, 2.05) is 13.0 Å². The Morgan fingerprint density at radius 1 is 1.24 bits per heavy atom. The van der Waals surface area contributed by atoms with Gasteiger partial charge >= 0.3 is 0 Å². The molecule has 0 saturated carbocycles. The number of anilines is 2. The minimum absolute atomic E-state index is 0.204. The third-order valence-electron chi connectivity index (χ3n) is 3.24. The van der Waals surface area contributed by atoms with Crippen LogP contribution in [-0.4, -0.2) is 20.1 Å². The van der Waals surface area contributed by atoms with Crippen LogP contribution in [0.25, 0.3) is 0 Å². The number of hydrogen-bond donors (Lipinski definition) is 1. The number of nitrogen functional groups attached to an aromatic ring is 1. The Balaban J connectivity index is 2.44. The van der Waals surface area contributed by atoms with Crippen molar-refractivity contribution >= 4 is 28.9 Å². The number of hydrogen-bond acceptors (Lipinski definition) is 3. The van der Waals surface area contributed by atoms with E-state index in [4.69, 9.17) is 22.1 Å². The van der Waals surface area contributed by atoms with Crippen molar-refractivity contribution in [1.29, 1.82) is 0 Å².